The van der Waals surface area contributed by atoms with Crippen molar-refractivity contribution in [1.29, 1.82) is 0 Å². The van der Waals surface area contributed by atoms with Crippen LogP contribution >= 0.6 is 0 Å². The maximum Gasteiger partial charge on any atom is 3.00 e. The standard InChI is InChI=1S/2Al.2Fe.3O/q;;2*+3;3*-2. The van der Waals surface area contributed by atoms with Crippen LogP contribution in [0, 0.1) is 0 Å². The van der Waals surface area contributed by atoms with Gasteiger partial charge in [0.2, 0.25) is 0 Å². The largest absolute Gasteiger partial charge is 3.00 e. The van der Waals surface area contributed by atoms with E-state index in [0.29, 0.717) is 0 Å². The zero-order valence-corrected chi connectivity index (χ0v) is 7.60. The van der Waals surface area contributed by atoms with Crippen LogP contribution in [0.5, 0.6) is 0 Å². The molecule has 0 aromatic heterocycles. The fourth-order valence-electron chi connectivity index (χ4n) is 0. The minimum atomic E-state index is 0. The molecular formula is Al2Fe2O3. The van der Waals surface area contributed by atoms with Gasteiger partial charge in [-0.05, 0) is 0 Å². The minimum Gasteiger partial charge on any atom is -2.00 e. The van der Waals surface area contributed by atoms with Crippen LogP contribution in [0.25, 0.3) is 0 Å². The third kappa shape index (κ3) is 72.6. The summed E-state index contributed by atoms with van der Waals surface area (Å²) in [7, 11) is 0. The van der Waals surface area contributed by atoms with E-state index < -0.39 is 0 Å². The molecule has 0 atom stereocenters. The van der Waals surface area contributed by atoms with Gasteiger partial charge in [0.05, 0.1) is 0 Å². The van der Waals surface area contributed by atoms with Gasteiger partial charge in [-0.1, -0.05) is 0 Å². The Morgan fingerprint density at radius 2 is 0.429 bits per heavy atom. The smallest absolute Gasteiger partial charge is 2.00 e. The molecule has 7 heavy (non-hydrogen) atoms. The first-order chi connectivity index (χ1) is 0. The molecule has 8 radical (unpaired) electrons. The van der Waals surface area contributed by atoms with E-state index >= 15 is 0 Å². The van der Waals surface area contributed by atoms with E-state index in [9.17, 15) is 0 Å². The predicted octanol–water partition coefficient (Wildman–Crippen LogP) is -1.12. The summed E-state index contributed by atoms with van der Waals surface area (Å²) in [6.45, 7) is 0. The van der Waals surface area contributed by atoms with Crippen molar-refractivity contribution < 1.29 is 50.6 Å². The monoisotopic (exact) mass is 214 g/mol. The molecule has 0 saturated carbocycles. The molecule has 0 fully saturated rings. The van der Waals surface area contributed by atoms with E-state index in [2.05, 4.69) is 0 Å². The van der Waals surface area contributed by atoms with Crippen molar-refractivity contribution in [3.8, 4) is 0 Å². The van der Waals surface area contributed by atoms with E-state index in [-0.39, 0.29) is 85.3 Å². The van der Waals surface area contributed by atoms with Crippen molar-refractivity contribution in [3.63, 3.8) is 0 Å². The summed E-state index contributed by atoms with van der Waals surface area (Å²) < 4.78 is 0. The quantitative estimate of drug-likeness (QED) is 0.457. The molecule has 0 aliphatic carbocycles. The second kappa shape index (κ2) is 98.9. The molecule has 0 aliphatic heterocycles. The van der Waals surface area contributed by atoms with Crippen molar-refractivity contribution in [1.82, 2.24) is 0 Å². The third-order valence-electron chi connectivity index (χ3n) is 0. The van der Waals surface area contributed by atoms with Crippen LogP contribution in [-0.4, -0.2) is 34.7 Å². The number of hydrogen-bond donors (Lipinski definition) is 0. The summed E-state index contributed by atoms with van der Waals surface area (Å²) in [4.78, 5) is 0. The molecule has 0 N–H and O–H groups in total. The average Bonchev–Trinajstić information content (AvgIpc) is 0. The maximum absolute atomic E-state index is 0. The van der Waals surface area contributed by atoms with Crippen LogP contribution in [-0.2, 0) is 50.6 Å². The van der Waals surface area contributed by atoms with Crippen molar-refractivity contribution in [2.45, 2.75) is 0 Å². The van der Waals surface area contributed by atoms with Crippen LogP contribution < -0.4 is 0 Å². The van der Waals surface area contributed by atoms with Crippen LogP contribution in [0.4, 0.5) is 0 Å². The SMILES string of the molecule is [Al].[Al].[Fe+3].[Fe+3].[O-2].[O-2].[O-2]. The molecule has 0 aliphatic rings. The average molecular weight is 214 g/mol. The van der Waals surface area contributed by atoms with Gasteiger partial charge in [0.1, 0.15) is 0 Å². The molecule has 40 valence electrons. The van der Waals surface area contributed by atoms with Gasteiger partial charge in [0, 0.05) is 34.7 Å². The van der Waals surface area contributed by atoms with Gasteiger partial charge < -0.3 is 16.4 Å². The molecule has 0 spiro atoms. The maximum atomic E-state index is 0. The first-order valence-corrected chi connectivity index (χ1v) is 0. The molecule has 0 unspecified atom stereocenters. The Kier molecular flexibility index (Phi) is 2060. The van der Waals surface area contributed by atoms with E-state index in [1.54, 1.807) is 0 Å². The van der Waals surface area contributed by atoms with Crippen LogP contribution in [0.1, 0.15) is 0 Å². The Labute approximate surface area is 84.7 Å². The predicted molar refractivity (Wildman–Crippen MR) is 13.6 cm³/mol. The Bertz CT molecular complexity index is 10.9. The number of hydrogen-bond acceptors (Lipinski definition) is 0. The summed E-state index contributed by atoms with van der Waals surface area (Å²) >= 11 is 0. The first-order valence-electron chi connectivity index (χ1n) is 0. The zero-order valence-electron chi connectivity index (χ0n) is 3.09. The first kappa shape index (κ1) is 145. The molecule has 0 rings (SSSR count). The van der Waals surface area contributed by atoms with E-state index in [1.807, 2.05) is 0 Å². The molecule has 0 bridgehead atoms. The Morgan fingerprint density at radius 1 is 0.429 bits per heavy atom. The van der Waals surface area contributed by atoms with Gasteiger partial charge in [-0.15, -0.1) is 0 Å². The summed E-state index contributed by atoms with van der Waals surface area (Å²) in [6.07, 6.45) is 0. The van der Waals surface area contributed by atoms with Crippen molar-refractivity contribution >= 4 is 34.7 Å². The summed E-state index contributed by atoms with van der Waals surface area (Å²) in [5, 5.41) is 0. The van der Waals surface area contributed by atoms with Crippen molar-refractivity contribution in [2.24, 2.45) is 0 Å². The van der Waals surface area contributed by atoms with Crippen molar-refractivity contribution in [2.75, 3.05) is 0 Å². The Morgan fingerprint density at radius 3 is 0.429 bits per heavy atom. The molecule has 0 aromatic carbocycles. The topological polar surface area (TPSA) is 85.5 Å². The minimum absolute atomic E-state index is 0. The molecule has 0 heterocycles. The second-order valence-electron chi connectivity index (χ2n) is 0. The normalized spacial score (nSPS) is 0. The molecule has 7 heteroatoms. The van der Waals surface area contributed by atoms with Crippen LogP contribution in [0.15, 0.2) is 0 Å². The summed E-state index contributed by atoms with van der Waals surface area (Å²) in [5.41, 5.74) is 0. The van der Waals surface area contributed by atoms with Crippen molar-refractivity contribution in [3.05, 3.63) is 0 Å². The van der Waals surface area contributed by atoms with Crippen LogP contribution in [0.3, 0.4) is 0 Å². The fourth-order valence-corrected chi connectivity index (χ4v) is 0. The van der Waals surface area contributed by atoms with Crippen LogP contribution in [0.2, 0.25) is 0 Å². The Hall–Kier alpha value is 1.98. The third-order valence-corrected chi connectivity index (χ3v) is 0. The molecule has 0 saturated heterocycles. The van der Waals surface area contributed by atoms with Gasteiger partial charge >= 0.3 is 34.1 Å². The summed E-state index contributed by atoms with van der Waals surface area (Å²) in [6, 6.07) is 0. The van der Waals surface area contributed by atoms with E-state index in [1.165, 1.54) is 0 Å². The summed E-state index contributed by atoms with van der Waals surface area (Å²) in [5.74, 6) is 0. The zero-order chi connectivity index (χ0) is 0. The van der Waals surface area contributed by atoms with Gasteiger partial charge in [0.15, 0.2) is 0 Å². The van der Waals surface area contributed by atoms with Gasteiger partial charge in [-0.2, -0.15) is 0 Å². The van der Waals surface area contributed by atoms with Gasteiger partial charge in [-0.25, -0.2) is 0 Å². The van der Waals surface area contributed by atoms with E-state index in [4.69, 9.17) is 0 Å². The molecule has 0 aromatic rings. The van der Waals surface area contributed by atoms with E-state index in [0.717, 1.165) is 0 Å². The Balaban J connectivity index is 0. The second-order valence-corrected chi connectivity index (χ2v) is 0. The molecular weight excluding hydrogens is 214 g/mol. The fraction of sp³-hybridized carbons (Fsp3) is 0. The molecule has 0 amide bonds. The molecule has 3 nitrogen and oxygen atoms in total. The number of rotatable bonds is 0. The van der Waals surface area contributed by atoms with Gasteiger partial charge in [0.25, 0.3) is 0 Å². The van der Waals surface area contributed by atoms with Gasteiger partial charge in [-0.3, -0.25) is 0 Å².